The Morgan fingerprint density at radius 1 is 1.19 bits per heavy atom. The van der Waals surface area contributed by atoms with Gasteiger partial charge in [-0.1, -0.05) is 20.3 Å². The van der Waals surface area contributed by atoms with Crippen molar-refractivity contribution in [2.75, 3.05) is 6.54 Å². The van der Waals surface area contributed by atoms with Gasteiger partial charge in [-0.15, -0.1) is 0 Å². The number of aliphatic carboxylic acids is 2. The molecule has 6 N–H and O–H groups in total. The molecule has 0 aromatic carbocycles. The minimum absolute atomic E-state index is 0.267. The first kappa shape index (κ1) is 18.8. The maximum absolute atomic E-state index is 11.6. The van der Waals surface area contributed by atoms with Gasteiger partial charge < -0.3 is 26.6 Å². The zero-order valence-electron chi connectivity index (χ0n) is 12.0. The van der Waals surface area contributed by atoms with Crippen molar-refractivity contribution in [1.82, 2.24) is 10.6 Å². The van der Waals surface area contributed by atoms with E-state index in [1.165, 1.54) is 0 Å². The summed E-state index contributed by atoms with van der Waals surface area (Å²) < 4.78 is 0. The monoisotopic (exact) mass is 303 g/mol. The van der Waals surface area contributed by atoms with Crippen molar-refractivity contribution in [3.05, 3.63) is 0 Å². The van der Waals surface area contributed by atoms with Gasteiger partial charge in [0.15, 0.2) is 0 Å². The third-order valence-electron chi connectivity index (χ3n) is 2.95. The lowest BCUT2D eigenvalue weighted by Gasteiger charge is -2.20. The van der Waals surface area contributed by atoms with E-state index in [9.17, 15) is 19.2 Å². The van der Waals surface area contributed by atoms with Gasteiger partial charge in [-0.25, -0.2) is 4.79 Å². The second kappa shape index (κ2) is 8.90. The van der Waals surface area contributed by atoms with Crippen molar-refractivity contribution in [2.24, 2.45) is 11.7 Å². The topological polar surface area (TPSA) is 159 Å². The molecule has 0 rings (SSSR count). The van der Waals surface area contributed by atoms with Crippen LogP contribution in [0.5, 0.6) is 0 Å². The molecule has 120 valence electrons. The van der Waals surface area contributed by atoms with Gasteiger partial charge >= 0.3 is 11.9 Å². The largest absolute Gasteiger partial charge is 0.481 e. The maximum atomic E-state index is 11.6. The molecule has 0 aliphatic carbocycles. The number of amides is 2. The number of carbonyl (C=O) groups is 4. The van der Waals surface area contributed by atoms with E-state index in [0.29, 0.717) is 6.42 Å². The second-order valence-electron chi connectivity index (χ2n) is 4.69. The fourth-order valence-electron chi connectivity index (χ4n) is 1.49. The normalized spacial score (nSPS) is 14.6. The van der Waals surface area contributed by atoms with Crippen LogP contribution in [0.4, 0.5) is 0 Å². The summed E-state index contributed by atoms with van der Waals surface area (Å²) in [4.78, 5) is 44.4. The Hall–Kier alpha value is -2.16. The van der Waals surface area contributed by atoms with Gasteiger partial charge in [0, 0.05) is 0 Å². The SMILES string of the molecule is CCC(C)C(NC(=O)CNC(=O)C(N)CC(=O)O)C(=O)O. The van der Waals surface area contributed by atoms with Crippen LogP contribution in [0.3, 0.4) is 0 Å². The molecule has 3 unspecified atom stereocenters. The predicted molar refractivity (Wildman–Crippen MR) is 72.3 cm³/mol. The molecule has 0 heterocycles. The maximum Gasteiger partial charge on any atom is 0.326 e. The van der Waals surface area contributed by atoms with Crippen LogP contribution in [0.25, 0.3) is 0 Å². The molecule has 0 saturated carbocycles. The Kier molecular flexibility index (Phi) is 7.99. The number of carboxylic acid groups (broad SMARTS) is 2. The summed E-state index contributed by atoms with van der Waals surface area (Å²) in [6.45, 7) is 3.01. The fraction of sp³-hybridized carbons (Fsp3) is 0.667. The average Bonchev–Trinajstić information content (AvgIpc) is 2.39. The van der Waals surface area contributed by atoms with E-state index in [-0.39, 0.29) is 5.92 Å². The second-order valence-corrected chi connectivity index (χ2v) is 4.69. The van der Waals surface area contributed by atoms with Crippen LogP contribution in [-0.2, 0) is 19.2 Å². The molecule has 0 spiro atoms. The third kappa shape index (κ3) is 7.25. The molecule has 0 bridgehead atoms. The van der Waals surface area contributed by atoms with Crippen LogP contribution in [0, 0.1) is 5.92 Å². The zero-order valence-corrected chi connectivity index (χ0v) is 12.0. The van der Waals surface area contributed by atoms with E-state index in [1.807, 2.05) is 0 Å². The lowest BCUT2D eigenvalue weighted by Crippen LogP contribution is -2.50. The summed E-state index contributed by atoms with van der Waals surface area (Å²) in [5, 5.41) is 21.9. The Morgan fingerprint density at radius 3 is 2.19 bits per heavy atom. The molecule has 0 aromatic rings. The predicted octanol–water partition coefficient (Wildman–Crippen LogP) is -1.48. The first-order chi connectivity index (χ1) is 9.68. The standard InChI is InChI=1S/C12H21N3O6/c1-3-6(2)10(12(20)21)15-8(16)5-14-11(19)7(13)4-9(17)18/h6-7,10H,3-5,13H2,1-2H3,(H,14,19)(H,15,16)(H,17,18)(H,20,21). The van der Waals surface area contributed by atoms with Crippen LogP contribution in [-0.4, -0.2) is 52.6 Å². The average molecular weight is 303 g/mol. The van der Waals surface area contributed by atoms with E-state index >= 15 is 0 Å². The highest BCUT2D eigenvalue weighted by Crippen LogP contribution is 2.07. The summed E-state index contributed by atoms with van der Waals surface area (Å²) in [5.41, 5.74) is 5.30. The summed E-state index contributed by atoms with van der Waals surface area (Å²) >= 11 is 0. The smallest absolute Gasteiger partial charge is 0.326 e. The molecule has 0 radical (unpaired) electrons. The molecule has 0 aliphatic heterocycles. The fourth-order valence-corrected chi connectivity index (χ4v) is 1.49. The molecule has 9 heteroatoms. The Morgan fingerprint density at radius 2 is 1.76 bits per heavy atom. The van der Waals surface area contributed by atoms with E-state index in [1.54, 1.807) is 13.8 Å². The van der Waals surface area contributed by atoms with E-state index in [0.717, 1.165) is 0 Å². The minimum Gasteiger partial charge on any atom is -0.481 e. The number of carbonyl (C=O) groups excluding carboxylic acids is 2. The van der Waals surface area contributed by atoms with Crippen molar-refractivity contribution >= 4 is 23.8 Å². The first-order valence-corrected chi connectivity index (χ1v) is 6.46. The van der Waals surface area contributed by atoms with Gasteiger partial charge in [0.05, 0.1) is 19.0 Å². The lowest BCUT2D eigenvalue weighted by atomic mass is 9.99. The Labute approximate surface area is 121 Å². The summed E-state index contributed by atoms with van der Waals surface area (Å²) in [5.74, 6) is -4.13. The Bertz CT molecular complexity index is 412. The highest BCUT2D eigenvalue weighted by molar-refractivity contribution is 5.90. The van der Waals surface area contributed by atoms with Gasteiger partial charge in [0.25, 0.3) is 0 Å². The summed E-state index contributed by atoms with van der Waals surface area (Å²) in [6, 6.07) is -2.31. The van der Waals surface area contributed by atoms with Gasteiger partial charge in [-0.2, -0.15) is 0 Å². The van der Waals surface area contributed by atoms with Crippen LogP contribution >= 0.6 is 0 Å². The van der Waals surface area contributed by atoms with Crippen LogP contribution in [0.15, 0.2) is 0 Å². The Balaban J connectivity index is 4.34. The van der Waals surface area contributed by atoms with Crippen molar-refractivity contribution in [1.29, 1.82) is 0 Å². The number of hydrogen-bond acceptors (Lipinski definition) is 5. The number of carboxylic acids is 2. The van der Waals surface area contributed by atoms with E-state index < -0.39 is 48.8 Å². The molecule has 0 saturated heterocycles. The number of nitrogens with two attached hydrogens (primary N) is 1. The van der Waals surface area contributed by atoms with Crippen molar-refractivity contribution in [2.45, 2.75) is 38.8 Å². The quantitative estimate of drug-likeness (QED) is 0.347. The first-order valence-electron chi connectivity index (χ1n) is 6.46. The molecule has 21 heavy (non-hydrogen) atoms. The van der Waals surface area contributed by atoms with Gasteiger partial charge in [-0.05, 0) is 5.92 Å². The van der Waals surface area contributed by atoms with Gasteiger partial charge in [0.2, 0.25) is 11.8 Å². The molecule has 0 aromatic heterocycles. The van der Waals surface area contributed by atoms with Crippen molar-refractivity contribution < 1.29 is 29.4 Å². The summed E-state index contributed by atoms with van der Waals surface area (Å²) in [7, 11) is 0. The van der Waals surface area contributed by atoms with Crippen LogP contribution in [0.2, 0.25) is 0 Å². The zero-order chi connectivity index (χ0) is 16.6. The summed E-state index contributed by atoms with van der Waals surface area (Å²) in [6.07, 6.45) is 0.00512. The van der Waals surface area contributed by atoms with E-state index in [4.69, 9.17) is 15.9 Å². The number of hydrogen-bond donors (Lipinski definition) is 5. The third-order valence-corrected chi connectivity index (χ3v) is 2.95. The molecule has 9 nitrogen and oxygen atoms in total. The number of rotatable bonds is 9. The number of nitrogens with one attached hydrogen (secondary N) is 2. The molecule has 2 amide bonds. The van der Waals surface area contributed by atoms with Crippen LogP contribution in [0.1, 0.15) is 26.7 Å². The van der Waals surface area contributed by atoms with Crippen molar-refractivity contribution in [3.63, 3.8) is 0 Å². The van der Waals surface area contributed by atoms with Gasteiger partial charge in [-0.3, -0.25) is 14.4 Å². The van der Waals surface area contributed by atoms with Gasteiger partial charge in [0.1, 0.15) is 6.04 Å². The molecule has 0 aliphatic rings. The molecular formula is C12H21N3O6. The van der Waals surface area contributed by atoms with Crippen molar-refractivity contribution in [3.8, 4) is 0 Å². The highest BCUT2D eigenvalue weighted by Gasteiger charge is 2.25. The highest BCUT2D eigenvalue weighted by atomic mass is 16.4. The minimum atomic E-state index is -1.26. The molecule has 0 fully saturated rings. The van der Waals surface area contributed by atoms with E-state index in [2.05, 4.69) is 10.6 Å². The molecule has 3 atom stereocenters. The van der Waals surface area contributed by atoms with Crippen LogP contribution < -0.4 is 16.4 Å². The molecular weight excluding hydrogens is 282 g/mol. The lowest BCUT2D eigenvalue weighted by molar-refractivity contribution is -0.143.